The number of nitrogens with one attached hydrogen (secondary N) is 2. The van der Waals surface area contributed by atoms with Gasteiger partial charge in [0.05, 0.1) is 0 Å². The van der Waals surface area contributed by atoms with E-state index >= 15 is 0 Å². The summed E-state index contributed by atoms with van der Waals surface area (Å²) in [5.74, 6) is -3.35. The highest BCUT2D eigenvalue weighted by Gasteiger charge is 2.23. The lowest BCUT2D eigenvalue weighted by atomic mass is 10.1. The molecule has 2 rings (SSSR count). The fourth-order valence-electron chi connectivity index (χ4n) is 2.47. The molecule has 0 saturated carbocycles. The number of aryl methyl sites for hydroxylation is 2. The highest BCUT2D eigenvalue weighted by Crippen LogP contribution is 2.23. The molecule has 0 saturated heterocycles. The molecule has 8 nitrogen and oxygen atoms in total. The van der Waals surface area contributed by atoms with Crippen molar-refractivity contribution in [2.75, 3.05) is 11.5 Å². The van der Waals surface area contributed by atoms with Gasteiger partial charge in [0, 0.05) is 22.6 Å². The molecule has 0 fully saturated rings. The molecule has 2 atom stereocenters. The van der Waals surface area contributed by atoms with Gasteiger partial charge in [-0.05, 0) is 38.1 Å². The summed E-state index contributed by atoms with van der Waals surface area (Å²) < 4.78 is 0. The zero-order valence-electron chi connectivity index (χ0n) is 17.5. The van der Waals surface area contributed by atoms with Crippen LogP contribution in [0.15, 0.2) is 48.5 Å². The molecule has 2 aromatic carbocycles. The number of carboxylic acid groups (broad SMARTS) is 2. The lowest BCUT2D eigenvalue weighted by Gasteiger charge is -2.16. The molecule has 10 heteroatoms. The Hall–Kier alpha value is -2.98. The summed E-state index contributed by atoms with van der Waals surface area (Å²) >= 11 is 0. The van der Waals surface area contributed by atoms with Crippen molar-refractivity contribution in [3.63, 3.8) is 0 Å². The SMILES string of the molecule is Cc1ccc(C(=O)N[C@@H](CSSC[C@H](NC(=O)c2ccc(C)cc2)C(=O)O)C(=O)O)cc1. The van der Waals surface area contributed by atoms with Crippen molar-refractivity contribution >= 4 is 45.3 Å². The van der Waals surface area contributed by atoms with E-state index in [0.29, 0.717) is 11.1 Å². The number of rotatable bonds is 11. The average Bonchev–Trinajstić information content (AvgIpc) is 2.75. The third-order valence-electron chi connectivity index (χ3n) is 4.39. The summed E-state index contributed by atoms with van der Waals surface area (Å²) in [5.41, 5.74) is 2.66. The number of benzene rings is 2. The van der Waals surface area contributed by atoms with Gasteiger partial charge in [-0.1, -0.05) is 57.0 Å². The van der Waals surface area contributed by atoms with Crippen LogP contribution in [0.1, 0.15) is 31.8 Å². The summed E-state index contributed by atoms with van der Waals surface area (Å²) in [7, 11) is 2.21. The predicted octanol–water partition coefficient (Wildman–Crippen LogP) is 2.75. The minimum atomic E-state index is -1.19. The molecule has 0 heterocycles. The molecule has 4 N–H and O–H groups in total. The Labute approximate surface area is 193 Å². The monoisotopic (exact) mass is 476 g/mol. The fourth-order valence-corrected chi connectivity index (χ4v) is 4.79. The van der Waals surface area contributed by atoms with Crippen molar-refractivity contribution in [3.8, 4) is 0 Å². The Balaban J connectivity index is 1.85. The van der Waals surface area contributed by atoms with Crippen LogP contribution in [0.25, 0.3) is 0 Å². The minimum Gasteiger partial charge on any atom is -0.480 e. The quantitative estimate of drug-likeness (QED) is 0.287. The topological polar surface area (TPSA) is 133 Å². The van der Waals surface area contributed by atoms with Gasteiger partial charge in [0.25, 0.3) is 11.8 Å². The predicted molar refractivity (Wildman–Crippen MR) is 125 cm³/mol. The molecule has 0 aliphatic carbocycles. The lowest BCUT2D eigenvalue weighted by molar-refractivity contribution is -0.139. The Kier molecular flexibility index (Phi) is 9.61. The number of carbonyl (C=O) groups excluding carboxylic acids is 2. The van der Waals surface area contributed by atoms with Gasteiger partial charge in [0.1, 0.15) is 12.1 Å². The van der Waals surface area contributed by atoms with Crippen LogP contribution in [0.4, 0.5) is 0 Å². The van der Waals surface area contributed by atoms with E-state index in [1.54, 1.807) is 48.5 Å². The number of hydrogen-bond acceptors (Lipinski definition) is 6. The molecule has 0 aliphatic rings. The van der Waals surface area contributed by atoms with Crippen LogP contribution >= 0.6 is 21.6 Å². The van der Waals surface area contributed by atoms with Gasteiger partial charge in [-0.3, -0.25) is 9.59 Å². The van der Waals surface area contributed by atoms with Crippen molar-refractivity contribution in [1.29, 1.82) is 0 Å². The fraction of sp³-hybridized carbons (Fsp3) is 0.273. The van der Waals surface area contributed by atoms with E-state index in [1.165, 1.54) is 0 Å². The molecule has 2 amide bonds. The molecule has 170 valence electrons. The van der Waals surface area contributed by atoms with E-state index in [-0.39, 0.29) is 11.5 Å². The standard InChI is InChI=1S/C22H24N2O6S2/c1-13-3-7-15(8-4-13)19(25)23-17(21(27)28)11-31-32-12-18(22(29)30)24-20(26)16-9-5-14(2)6-10-16/h3-10,17-18H,11-12H2,1-2H3,(H,23,25)(H,24,26)(H,27,28)(H,29,30)/t17-,18-/m0/s1. The lowest BCUT2D eigenvalue weighted by Crippen LogP contribution is -2.43. The zero-order chi connectivity index (χ0) is 23.7. The van der Waals surface area contributed by atoms with Gasteiger partial charge >= 0.3 is 11.9 Å². The summed E-state index contributed by atoms with van der Waals surface area (Å²) in [4.78, 5) is 47.5. The molecular weight excluding hydrogens is 452 g/mol. The maximum absolute atomic E-state index is 12.3. The minimum absolute atomic E-state index is 0.0237. The van der Waals surface area contributed by atoms with Crippen LogP contribution in [-0.2, 0) is 9.59 Å². The second kappa shape index (κ2) is 12.2. The smallest absolute Gasteiger partial charge is 0.327 e. The summed E-state index contributed by atoms with van der Waals surface area (Å²) in [5, 5.41) is 23.7. The van der Waals surface area contributed by atoms with Gasteiger partial charge in [-0.2, -0.15) is 0 Å². The third kappa shape index (κ3) is 7.93. The van der Waals surface area contributed by atoms with Crippen LogP contribution in [0, 0.1) is 13.8 Å². The van der Waals surface area contributed by atoms with Crippen LogP contribution in [0.5, 0.6) is 0 Å². The highest BCUT2D eigenvalue weighted by molar-refractivity contribution is 8.76. The first-order chi connectivity index (χ1) is 15.2. The first-order valence-electron chi connectivity index (χ1n) is 9.62. The number of hydrogen-bond donors (Lipinski definition) is 4. The zero-order valence-corrected chi connectivity index (χ0v) is 19.2. The van der Waals surface area contributed by atoms with Crippen molar-refractivity contribution in [3.05, 3.63) is 70.8 Å². The Bertz CT molecular complexity index is 884. The molecule has 0 spiro atoms. The highest BCUT2D eigenvalue weighted by atomic mass is 33.1. The number of carbonyl (C=O) groups is 4. The second-order valence-corrected chi connectivity index (χ2v) is 9.58. The van der Waals surface area contributed by atoms with E-state index in [2.05, 4.69) is 10.6 Å². The van der Waals surface area contributed by atoms with Crippen molar-refractivity contribution in [2.24, 2.45) is 0 Å². The van der Waals surface area contributed by atoms with E-state index in [1.807, 2.05) is 13.8 Å². The van der Waals surface area contributed by atoms with Crippen molar-refractivity contribution in [2.45, 2.75) is 25.9 Å². The number of carboxylic acids is 2. The van der Waals surface area contributed by atoms with Gasteiger partial charge in [0.2, 0.25) is 0 Å². The van der Waals surface area contributed by atoms with Crippen LogP contribution < -0.4 is 10.6 Å². The normalized spacial score (nSPS) is 12.4. The molecule has 0 bridgehead atoms. The molecule has 0 unspecified atom stereocenters. The van der Waals surface area contributed by atoms with E-state index < -0.39 is 35.8 Å². The first kappa shape index (κ1) is 25.3. The summed E-state index contributed by atoms with van der Waals surface area (Å²) in [6, 6.07) is 11.2. The molecule has 0 aliphatic heterocycles. The van der Waals surface area contributed by atoms with Crippen molar-refractivity contribution in [1.82, 2.24) is 10.6 Å². The van der Waals surface area contributed by atoms with Crippen LogP contribution in [0.2, 0.25) is 0 Å². The molecule has 0 radical (unpaired) electrons. The molecule has 2 aromatic rings. The van der Waals surface area contributed by atoms with E-state index in [4.69, 9.17) is 0 Å². The first-order valence-corrected chi connectivity index (χ1v) is 12.1. The maximum atomic E-state index is 12.3. The van der Waals surface area contributed by atoms with E-state index in [9.17, 15) is 29.4 Å². The second-order valence-electron chi connectivity index (χ2n) is 7.03. The average molecular weight is 477 g/mol. The molecule has 32 heavy (non-hydrogen) atoms. The Morgan fingerprint density at radius 1 is 0.688 bits per heavy atom. The Morgan fingerprint density at radius 3 is 1.28 bits per heavy atom. The van der Waals surface area contributed by atoms with Gasteiger partial charge in [0.15, 0.2) is 0 Å². The van der Waals surface area contributed by atoms with Crippen LogP contribution in [-0.4, -0.2) is 57.6 Å². The van der Waals surface area contributed by atoms with Gasteiger partial charge < -0.3 is 20.8 Å². The maximum Gasteiger partial charge on any atom is 0.327 e. The van der Waals surface area contributed by atoms with Crippen molar-refractivity contribution < 1.29 is 29.4 Å². The molecular formula is C22H24N2O6S2. The Morgan fingerprint density at radius 2 is 1.00 bits per heavy atom. The van der Waals surface area contributed by atoms with E-state index in [0.717, 1.165) is 32.7 Å². The van der Waals surface area contributed by atoms with Crippen LogP contribution in [0.3, 0.4) is 0 Å². The summed E-state index contributed by atoms with van der Waals surface area (Å²) in [6.07, 6.45) is 0. The third-order valence-corrected chi connectivity index (χ3v) is 6.81. The summed E-state index contributed by atoms with van der Waals surface area (Å²) in [6.45, 7) is 3.76. The number of amides is 2. The largest absolute Gasteiger partial charge is 0.480 e. The molecule has 0 aromatic heterocycles. The number of aliphatic carboxylic acids is 2. The van der Waals surface area contributed by atoms with Gasteiger partial charge in [-0.25, -0.2) is 9.59 Å². The van der Waals surface area contributed by atoms with Gasteiger partial charge in [-0.15, -0.1) is 0 Å².